The van der Waals surface area contributed by atoms with E-state index in [-0.39, 0.29) is 16.7 Å². The van der Waals surface area contributed by atoms with Crippen LogP contribution in [0.4, 0.5) is 11.4 Å². The van der Waals surface area contributed by atoms with E-state index in [0.29, 0.717) is 12.2 Å². The third kappa shape index (κ3) is 3.43. The summed E-state index contributed by atoms with van der Waals surface area (Å²) in [6.07, 6.45) is 3.78. The van der Waals surface area contributed by atoms with Crippen molar-refractivity contribution < 1.29 is 4.92 Å². The molecule has 1 N–H and O–H groups in total. The number of nitrogens with zero attached hydrogens (tertiary/aromatic N) is 4. The van der Waals surface area contributed by atoms with E-state index in [9.17, 15) is 10.1 Å². The fraction of sp³-hybridized carbons (Fsp3) is 0.400. The minimum atomic E-state index is -0.357. The van der Waals surface area contributed by atoms with Crippen LogP contribution in [0.5, 0.6) is 0 Å². The van der Waals surface area contributed by atoms with Crippen molar-refractivity contribution in [1.82, 2.24) is 14.7 Å². The molecule has 2 aromatic rings. The Hall–Kier alpha value is -2.41. The molecule has 0 aliphatic rings. The van der Waals surface area contributed by atoms with E-state index in [1.165, 1.54) is 6.07 Å². The van der Waals surface area contributed by atoms with E-state index in [0.717, 1.165) is 11.1 Å². The lowest BCUT2D eigenvalue weighted by atomic mass is 10.1. The van der Waals surface area contributed by atoms with Gasteiger partial charge in [-0.25, -0.2) is 0 Å². The molecule has 1 heterocycles. The Morgan fingerprint density at radius 2 is 2.18 bits per heavy atom. The van der Waals surface area contributed by atoms with Crippen LogP contribution in [0.2, 0.25) is 0 Å². The first kappa shape index (κ1) is 16.0. The van der Waals surface area contributed by atoms with Gasteiger partial charge in [0.1, 0.15) is 5.69 Å². The zero-order valence-corrected chi connectivity index (χ0v) is 13.3. The van der Waals surface area contributed by atoms with Gasteiger partial charge in [0, 0.05) is 31.4 Å². The molecule has 0 aliphatic heterocycles. The van der Waals surface area contributed by atoms with Gasteiger partial charge >= 0.3 is 0 Å². The van der Waals surface area contributed by atoms with Gasteiger partial charge in [-0.15, -0.1) is 0 Å². The normalized spacial score (nSPS) is 12.4. The zero-order chi connectivity index (χ0) is 16.3. The van der Waals surface area contributed by atoms with Gasteiger partial charge in [-0.3, -0.25) is 14.8 Å². The Kier molecular flexibility index (Phi) is 4.77. The Morgan fingerprint density at radius 1 is 1.45 bits per heavy atom. The highest BCUT2D eigenvalue weighted by Gasteiger charge is 2.19. The number of hydrogen-bond acceptors (Lipinski definition) is 5. The highest BCUT2D eigenvalue weighted by Crippen LogP contribution is 2.29. The SMILES string of the molecule is Cc1cccc([N+](=O)[O-])c1NCC(c1cnn(C)c1)N(C)C. The quantitative estimate of drug-likeness (QED) is 0.655. The molecule has 7 nitrogen and oxygen atoms in total. The summed E-state index contributed by atoms with van der Waals surface area (Å²) in [4.78, 5) is 12.9. The van der Waals surface area contributed by atoms with Crippen LogP contribution in [-0.2, 0) is 7.05 Å². The molecule has 0 saturated heterocycles. The van der Waals surface area contributed by atoms with Gasteiger partial charge in [-0.2, -0.15) is 5.10 Å². The monoisotopic (exact) mass is 303 g/mol. The van der Waals surface area contributed by atoms with Gasteiger partial charge in [-0.05, 0) is 26.6 Å². The van der Waals surface area contributed by atoms with Gasteiger partial charge in [0.05, 0.1) is 17.2 Å². The number of nitro groups is 1. The molecular formula is C15H21N5O2. The lowest BCUT2D eigenvalue weighted by Gasteiger charge is -2.24. The van der Waals surface area contributed by atoms with Gasteiger partial charge in [0.25, 0.3) is 5.69 Å². The average molecular weight is 303 g/mol. The first-order valence-corrected chi connectivity index (χ1v) is 7.03. The molecule has 1 atom stereocenters. The second kappa shape index (κ2) is 6.57. The number of likely N-dealkylation sites (N-methyl/N-ethyl adjacent to an activating group) is 1. The maximum atomic E-state index is 11.2. The van der Waals surface area contributed by atoms with Crippen molar-refractivity contribution in [1.29, 1.82) is 0 Å². The Bertz CT molecular complexity index is 666. The summed E-state index contributed by atoms with van der Waals surface area (Å²) in [6, 6.07) is 5.16. The molecule has 0 amide bonds. The highest BCUT2D eigenvalue weighted by atomic mass is 16.6. The summed E-state index contributed by atoms with van der Waals surface area (Å²) in [5, 5.41) is 18.6. The van der Waals surface area contributed by atoms with Crippen LogP contribution in [0.25, 0.3) is 0 Å². The molecule has 1 aromatic carbocycles. The number of anilines is 1. The molecule has 1 unspecified atom stereocenters. The predicted octanol–water partition coefficient (Wildman–Crippen LogP) is 2.35. The molecule has 0 saturated carbocycles. The summed E-state index contributed by atoms with van der Waals surface area (Å²) in [6.45, 7) is 2.43. The van der Waals surface area contributed by atoms with Crippen molar-refractivity contribution in [2.45, 2.75) is 13.0 Å². The van der Waals surface area contributed by atoms with Crippen molar-refractivity contribution in [3.63, 3.8) is 0 Å². The maximum Gasteiger partial charge on any atom is 0.292 e. The molecule has 0 fully saturated rings. The predicted molar refractivity (Wildman–Crippen MR) is 86.0 cm³/mol. The van der Waals surface area contributed by atoms with E-state index >= 15 is 0 Å². The maximum absolute atomic E-state index is 11.2. The molecule has 7 heteroatoms. The zero-order valence-electron chi connectivity index (χ0n) is 13.3. The standard InChI is InChI=1S/C15H21N5O2/c1-11-6-5-7-13(20(21)22)15(11)16-9-14(18(2)3)12-8-17-19(4)10-12/h5-8,10,14,16H,9H2,1-4H3. The number of aryl methyl sites for hydroxylation is 2. The van der Waals surface area contributed by atoms with Gasteiger partial charge in [0.15, 0.2) is 0 Å². The summed E-state index contributed by atoms with van der Waals surface area (Å²) >= 11 is 0. The lowest BCUT2D eigenvalue weighted by Crippen LogP contribution is -2.27. The molecule has 0 spiro atoms. The number of benzene rings is 1. The van der Waals surface area contributed by atoms with Crippen LogP contribution in [0, 0.1) is 17.0 Å². The fourth-order valence-corrected chi connectivity index (χ4v) is 2.44. The number of hydrogen-bond donors (Lipinski definition) is 1. The van der Waals surface area contributed by atoms with Crippen molar-refractivity contribution in [2.24, 2.45) is 7.05 Å². The topological polar surface area (TPSA) is 76.2 Å². The molecule has 0 radical (unpaired) electrons. The number of nitrogens with one attached hydrogen (secondary N) is 1. The number of para-hydroxylation sites is 1. The van der Waals surface area contributed by atoms with Gasteiger partial charge in [0.2, 0.25) is 0 Å². The second-order valence-corrected chi connectivity index (χ2v) is 5.53. The Balaban J connectivity index is 2.22. The van der Waals surface area contributed by atoms with Crippen LogP contribution in [0.15, 0.2) is 30.6 Å². The minimum absolute atomic E-state index is 0.0768. The van der Waals surface area contributed by atoms with E-state index in [2.05, 4.69) is 15.3 Å². The van der Waals surface area contributed by atoms with Gasteiger partial charge < -0.3 is 10.2 Å². The summed E-state index contributed by atoms with van der Waals surface area (Å²) in [7, 11) is 5.83. The molecule has 0 aliphatic carbocycles. The van der Waals surface area contributed by atoms with Crippen LogP contribution < -0.4 is 5.32 Å². The number of nitro benzene ring substituents is 1. The average Bonchev–Trinajstić information content (AvgIpc) is 2.86. The molecule has 118 valence electrons. The van der Waals surface area contributed by atoms with Crippen LogP contribution >= 0.6 is 0 Å². The van der Waals surface area contributed by atoms with Crippen molar-refractivity contribution in [2.75, 3.05) is 26.0 Å². The first-order valence-electron chi connectivity index (χ1n) is 7.03. The van der Waals surface area contributed by atoms with Crippen LogP contribution in [-0.4, -0.2) is 40.2 Å². The van der Waals surface area contributed by atoms with Crippen molar-refractivity contribution in [3.8, 4) is 0 Å². The summed E-state index contributed by atoms with van der Waals surface area (Å²) < 4.78 is 1.75. The van der Waals surface area contributed by atoms with Gasteiger partial charge in [-0.1, -0.05) is 12.1 Å². The van der Waals surface area contributed by atoms with Crippen LogP contribution in [0.3, 0.4) is 0 Å². The van der Waals surface area contributed by atoms with E-state index in [4.69, 9.17) is 0 Å². The second-order valence-electron chi connectivity index (χ2n) is 5.53. The Labute approximate surface area is 129 Å². The minimum Gasteiger partial charge on any atom is -0.377 e. The third-order valence-corrected chi connectivity index (χ3v) is 3.65. The number of rotatable bonds is 6. The smallest absolute Gasteiger partial charge is 0.292 e. The lowest BCUT2D eigenvalue weighted by molar-refractivity contribution is -0.384. The molecule has 0 bridgehead atoms. The largest absolute Gasteiger partial charge is 0.377 e. The fourth-order valence-electron chi connectivity index (χ4n) is 2.44. The van der Waals surface area contributed by atoms with E-state index in [1.807, 2.05) is 46.5 Å². The van der Waals surface area contributed by atoms with E-state index in [1.54, 1.807) is 10.7 Å². The summed E-state index contributed by atoms with van der Waals surface area (Å²) in [5.41, 5.74) is 2.60. The Morgan fingerprint density at radius 3 is 2.73 bits per heavy atom. The molecular weight excluding hydrogens is 282 g/mol. The molecule has 22 heavy (non-hydrogen) atoms. The van der Waals surface area contributed by atoms with E-state index < -0.39 is 0 Å². The molecule has 2 rings (SSSR count). The third-order valence-electron chi connectivity index (χ3n) is 3.65. The van der Waals surface area contributed by atoms with Crippen molar-refractivity contribution >= 4 is 11.4 Å². The summed E-state index contributed by atoms with van der Waals surface area (Å²) in [5.74, 6) is 0. The number of aromatic nitrogens is 2. The first-order chi connectivity index (χ1) is 10.4. The molecule has 1 aromatic heterocycles. The van der Waals surface area contributed by atoms with Crippen LogP contribution in [0.1, 0.15) is 17.2 Å². The highest BCUT2D eigenvalue weighted by molar-refractivity contribution is 5.66. The van der Waals surface area contributed by atoms with Crippen molar-refractivity contribution in [3.05, 3.63) is 51.8 Å².